The van der Waals surface area contributed by atoms with E-state index in [4.69, 9.17) is 0 Å². The third kappa shape index (κ3) is 3.25. The maximum Gasteiger partial charge on any atom is 0.0541 e. The van der Waals surface area contributed by atoms with E-state index in [1.165, 1.54) is 98.7 Å². The van der Waals surface area contributed by atoms with E-state index in [0.717, 1.165) is 0 Å². The highest BCUT2D eigenvalue weighted by molar-refractivity contribution is 6.32. The first-order chi connectivity index (χ1) is 22.8. The molecule has 2 aliphatic rings. The van der Waals surface area contributed by atoms with Gasteiger partial charge in [0.2, 0.25) is 0 Å². The average Bonchev–Trinajstić information content (AvgIpc) is 3.44. The van der Waals surface area contributed by atoms with Gasteiger partial charge in [-0.2, -0.15) is 0 Å². The van der Waals surface area contributed by atoms with E-state index in [1.54, 1.807) is 0 Å². The molecule has 9 aromatic rings. The zero-order chi connectivity index (χ0) is 29.9. The Morgan fingerprint density at radius 2 is 1.04 bits per heavy atom. The second kappa shape index (κ2) is 8.74. The van der Waals surface area contributed by atoms with Gasteiger partial charge in [0, 0.05) is 33.7 Å². The Morgan fingerprint density at radius 3 is 1.93 bits per heavy atom. The van der Waals surface area contributed by atoms with Gasteiger partial charge < -0.3 is 9.13 Å². The van der Waals surface area contributed by atoms with Crippen LogP contribution in [0, 0.1) is 0 Å². The summed E-state index contributed by atoms with van der Waals surface area (Å²) >= 11 is 0. The summed E-state index contributed by atoms with van der Waals surface area (Å²) in [6.07, 6.45) is 2.17. The van der Waals surface area contributed by atoms with Crippen molar-refractivity contribution in [2.75, 3.05) is 0 Å². The predicted molar refractivity (Wildman–Crippen MR) is 195 cm³/mol. The molecular formula is C44H26N2. The number of fused-ring (bicyclic) bond motifs is 12. The van der Waals surface area contributed by atoms with Crippen molar-refractivity contribution in [1.82, 2.24) is 9.13 Å². The van der Waals surface area contributed by atoms with Crippen molar-refractivity contribution in [2.24, 2.45) is 0 Å². The smallest absolute Gasteiger partial charge is 0.0541 e. The maximum absolute atomic E-state index is 2.44. The van der Waals surface area contributed by atoms with Gasteiger partial charge in [-0.3, -0.25) is 0 Å². The largest absolute Gasteiger partial charge is 0.317 e. The van der Waals surface area contributed by atoms with E-state index in [9.17, 15) is 0 Å². The van der Waals surface area contributed by atoms with E-state index in [0.29, 0.717) is 0 Å². The monoisotopic (exact) mass is 582 g/mol. The lowest BCUT2D eigenvalue weighted by atomic mass is 9.96. The molecule has 0 radical (unpaired) electrons. The molecule has 2 heterocycles. The third-order valence-corrected chi connectivity index (χ3v) is 10.1. The summed E-state index contributed by atoms with van der Waals surface area (Å²) in [4.78, 5) is 0. The minimum Gasteiger partial charge on any atom is -0.317 e. The van der Waals surface area contributed by atoms with E-state index in [1.807, 2.05) is 0 Å². The molecule has 0 spiro atoms. The molecule has 0 unspecified atom stereocenters. The van der Waals surface area contributed by atoms with Crippen molar-refractivity contribution in [3.05, 3.63) is 158 Å². The van der Waals surface area contributed by atoms with Gasteiger partial charge in [-0.25, -0.2) is 0 Å². The summed E-state index contributed by atoms with van der Waals surface area (Å²) in [6, 6.07) is 56.0. The number of aromatic nitrogens is 2. The fraction of sp³-hybridized carbons (Fsp3) is 0. The van der Waals surface area contributed by atoms with Crippen molar-refractivity contribution in [3.63, 3.8) is 0 Å². The van der Waals surface area contributed by atoms with Gasteiger partial charge in [-0.15, -0.1) is 0 Å². The van der Waals surface area contributed by atoms with Gasteiger partial charge >= 0.3 is 0 Å². The van der Waals surface area contributed by atoms with Crippen molar-refractivity contribution >= 4 is 65.0 Å². The van der Waals surface area contributed by atoms with Crippen molar-refractivity contribution in [1.29, 1.82) is 0 Å². The zero-order valence-corrected chi connectivity index (χ0v) is 24.9. The highest BCUT2D eigenvalue weighted by atomic mass is 15.0. The summed E-state index contributed by atoms with van der Waals surface area (Å²) < 4.78 is 4.70. The molecule has 2 nitrogen and oxygen atoms in total. The molecule has 0 bridgehead atoms. The van der Waals surface area contributed by atoms with E-state index < -0.39 is 0 Å². The lowest BCUT2D eigenvalue weighted by Crippen LogP contribution is -1.94. The molecule has 0 N–H and O–H groups in total. The molecule has 0 aliphatic heterocycles. The summed E-state index contributed by atoms with van der Waals surface area (Å²) in [5, 5.41) is 11.9. The molecule has 0 fully saturated rings. The van der Waals surface area contributed by atoms with Crippen LogP contribution in [0.5, 0.6) is 0 Å². The fourth-order valence-corrected chi connectivity index (χ4v) is 7.96. The van der Waals surface area contributed by atoms with Crippen molar-refractivity contribution in [2.45, 2.75) is 0 Å². The van der Waals surface area contributed by atoms with Gasteiger partial charge in [0.15, 0.2) is 0 Å². The Kier molecular flexibility index (Phi) is 4.61. The minimum absolute atomic E-state index is 1.18. The normalized spacial score (nSPS) is 12.3. The predicted octanol–water partition coefficient (Wildman–Crippen LogP) is 11.8. The topological polar surface area (TPSA) is 9.86 Å². The molecule has 212 valence electrons. The number of hydrogen-bond donors (Lipinski definition) is 0. The highest BCUT2D eigenvalue weighted by Gasteiger charge is 2.22. The summed E-state index contributed by atoms with van der Waals surface area (Å²) in [6.45, 7) is 0. The van der Waals surface area contributed by atoms with Gasteiger partial charge in [0.1, 0.15) is 0 Å². The van der Waals surface area contributed by atoms with Crippen LogP contribution < -0.4 is 0 Å². The van der Waals surface area contributed by atoms with Crippen LogP contribution in [-0.4, -0.2) is 9.13 Å². The van der Waals surface area contributed by atoms with Gasteiger partial charge in [0.25, 0.3) is 0 Å². The molecule has 0 atom stereocenters. The van der Waals surface area contributed by atoms with Crippen LogP contribution in [0.3, 0.4) is 0 Å². The van der Waals surface area contributed by atoms with E-state index in [-0.39, 0.29) is 0 Å². The van der Waals surface area contributed by atoms with Crippen LogP contribution >= 0.6 is 0 Å². The number of hydrogen-bond acceptors (Lipinski definition) is 0. The van der Waals surface area contributed by atoms with Crippen LogP contribution in [0.2, 0.25) is 0 Å². The maximum atomic E-state index is 2.44. The Morgan fingerprint density at radius 1 is 0.348 bits per heavy atom. The zero-order valence-electron chi connectivity index (χ0n) is 24.9. The molecule has 0 saturated heterocycles. The Labute approximate surface area is 265 Å². The highest BCUT2D eigenvalue weighted by Crippen LogP contribution is 2.49. The van der Waals surface area contributed by atoms with Gasteiger partial charge in [-0.1, -0.05) is 78.9 Å². The Hall–Kier alpha value is -6.12. The number of para-hydroxylation sites is 2. The van der Waals surface area contributed by atoms with Crippen LogP contribution in [0.25, 0.3) is 98.7 Å². The van der Waals surface area contributed by atoms with Crippen molar-refractivity contribution in [3.8, 4) is 33.6 Å². The van der Waals surface area contributed by atoms with E-state index in [2.05, 4.69) is 167 Å². The Balaban J connectivity index is 1.10. The molecule has 11 rings (SSSR count). The molecule has 0 amide bonds. The quantitative estimate of drug-likeness (QED) is 0.183. The molecular weight excluding hydrogens is 556 g/mol. The number of nitrogens with zero attached hydrogens (tertiary/aromatic N) is 2. The first-order valence-corrected chi connectivity index (χ1v) is 15.9. The molecule has 2 heteroatoms. The molecule has 7 aromatic carbocycles. The van der Waals surface area contributed by atoms with Crippen LogP contribution in [0.4, 0.5) is 0 Å². The van der Waals surface area contributed by atoms with Crippen LogP contribution in [0.1, 0.15) is 0 Å². The van der Waals surface area contributed by atoms with Crippen LogP contribution in [-0.2, 0) is 0 Å². The van der Waals surface area contributed by atoms with Crippen molar-refractivity contribution < 1.29 is 0 Å². The minimum atomic E-state index is 1.18. The Bertz CT molecular complexity index is 2900. The lowest BCUT2D eigenvalue weighted by molar-refractivity contribution is 1.13. The standard InChI is InChI=1S/C44H26N2/c1-2-8-31(9-3-1)45-21-20-29-22-27(14-18-41(29)45)28-15-19-43-39(23-28)35-11-6-7-13-42(35)46(43)32-16-17-34-38(26-32)33-10-4-5-12-36(33)44-37-24-30(37)25-40(34)44/h1-26H. The molecule has 46 heavy (non-hydrogen) atoms. The first kappa shape index (κ1) is 24.2. The number of benzene rings is 8. The first-order valence-electron chi connectivity index (χ1n) is 15.9. The molecule has 2 aromatic heterocycles. The van der Waals surface area contributed by atoms with E-state index >= 15 is 0 Å². The van der Waals surface area contributed by atoms with Gasteiger partial charge in [-0.05, 0) is 127 Å². The van der Waals surface area contributed by atoms with Gasteiger partial charge in [0.05, 0.1) is 16.6 Å². The number of rotatable bonds is 3. The average molecular weight is 583 g/mol. The second-order valence-corrected chi connectivity index (χ2v) is 12.6. The molecule has 2 aliphatic carbocycles. The SMILES string of the molecule is c1ccc(-n2ccc3cc(-c4ccc5c(c4)c4ccccc4n5-c4ccc5c(c4)c4ccccc4c4c6cc-6cc54)ccc32)cc1. The summed E-state index contributed by atoms with van der Waals surface area (Å²) in [5.74, 6) is 0. The third-order valence-electron chi connectivity index (χ3n) is 10.1. The lowest BCUT2D eigenvalue weighted by Gasteiger charge is -2.13. The summed E-state index contributed by atoms with van der Waals surface area (Å²) in [7, 11) is 0. The molecule has 0 saturated carbocycles. The fourth-order valence-electron chi connectivity index (χ4n) is 7.96. The van der Waals surface area contributed by atoms with Crippen LogP contribution in [0.15, 0.2) is 158 Å². The summed E-state index contributed by atoms with van der Waals surface area (Å²) in [5.41, 5.74) is 11.3. The second-order valence-electron chi connectivity index (χ2n) is 12.6.